The lowest BCUT2D eigenvalue weighted by Gasteiger charge is -2.47. The van der Waals surface area contributed by atoms with E-state index in [9.17, 15) is 28.8 Å². The fourth-order valence-corrected chi connectivity index (χ4v) is 4.58. The van der Waals surface area contributed by atoms with E-state index >= 15 is 0 Å². The highest BCUT2D eigenvalue weighted by atomic mass is 32.2. The highest BCUT2D eigenvalue weighted by Gasteiger charge is 2.62. The van der Waals surface area contributed by atoms with Crippen molar-refractivity contribution in [3.05, 3.63) is 41.6 Å². The third kappa shape index (κ3) is 5.39. The Morgan fingerprint density at radius 1 is 1.30 bits per heavy atom. The lowest BCUT2D eigenvalue weighted by Crippen LogP contribution is -2.71. The van der Waals surface area contributed by atoms with Gasteiger partial charge in [-0.25, -0.2) is 4.79 Å². The maximum atomic E-state index is 12.2. The van der Waals surface area contributed by atoms with Crippen LogP contribution in [0.2, 0.25) is 0 Å². The summed E-state index contributed by atoms with van der Waals surface area (Å²) in [6.07, 6.45) is -0.679. The second-order valence-corrected chi connectivity index (χ2v) is 9.24. The minimum Gasteiger partial charge on any atom is -0.614 e. The first-order chi connectivity index (χ1) is 14.0. The van der Waals surface area contributed by atoms with Crippen molar-refractivity contribution < 1.29 is 33.6 Å². The number of para-hydroxylation sites is 1. The van der Waals surface area contributed by atoms with Gasteiger partial charge in [0.1, 0.15) is 17.2 Å². The van der Waals surface area contributed by atoms with Gasteiger partial charge in [0.05, 0.1) is 5.57 Å². The van der Waals surface area contributed by atoms with Gasteiger partial charge in [-0.3, -0.25) is 19.3 Å². The Morgan fingerprint density at radius 3 is 2.33 bits per heavy atom. The van der Waals surface area contributed by atoms with Crippen molar-refractivity contribution in [3.8, 4) is 5.75 Å². The number of hydrogen-bond donors (Lipinski definition) is 2. The Hall–Kier alpha value is -2.85. The number of hydrogen-bond acceptors (Lipinski definition) is 6. The predicted molar refractivity (Wildman–Crippen MR) is 109 cm³/mol. The lowest BCUT2D eigenvalue weighted by atomic mass is 10.1. The molecule has 3 atom stereocenters. The predicted octanol–water partition coefficient (Wildman–Crippen LogP) is 0.823. The molecular weight excluding hydrogens is 412 g/mol. The lowest BCUT2D eigenvalue weighted by molar-refractivity contribution is -0.157. The number of amides is 2. The smallest absolute Gasteiger partial charge is 0.353 e. The van der Waals surface area contributed by atoms with E-state index in [-0.39, 0.29) is 22.8 Å². The topological polar surface area (TPSA) is 136 Å². The van der Waals surface area contributed by atoms with Gasteiger partial charge in [-0.1, -0.05) is 18.2 Å². The molecule has 3 rings (SSSR count). The summed E-state index contributed by atoms with van der Waals surface area (Å²) in [6, 6.07) is 8.52. The molecule has 0 aliphatic carbocycles. The fraction of sp³-hybridized carbons (Fsp3) is 0.400. The van der Waals surface area contributed by atoms with Gasteiger partial charge in [-0.15, -0.1) is 0 Å². The van der Waals surface area contributed by atoms with Gasteiger partial charge in [-0.2, -0.15) is 0 Å². The molecule has 2 N–H and O–H groups in total. The molecule has 10 heteroatoms. The molecule has 2 heterocycles. The van der Waals surface area contributed by atoms with Crippen molar-refractivity contribution in [2.75, 3.05) is 5.75 Å². The molecule has 2 aliphatic rings. The Morgan fingerprint density at radius 2 is 1.90 bits per heavy atom. The van der Waals surface area contributed by atoms with E-state index in [2.05, 4.69) is 5.32 Å². The van der Waals surface area contributed by atoms with Crippen LogP contribution in [0.5, 0.6) is 5.75 Å². The average Bonchev–Trinajstić information content (AvgIpc) is 2.64. The van der Waals surface area contributed by atoms with Crippen LogP contribution in [0.3, 0.4) is 0 Å². The third-order valence-electron chi connectivity index (χ3n) is 4.01. The normalized spacial score (nSPS) is 22.8. The number of aldehydes is 1. The Bertz CT molecular complexity index is 864. The number of β-lactam (4-membered cyclic amide) rings is 1. The van der Waals surface area contributed by atoms with Gasteiger partial charge >= 0.3 is 5.97 Å². The number of fused-ring (bicyclic) bond motifs is 1. The van der Waals surface area contributed by atoms with E-state index in [1.807, 2.05) is 20.8 Å². The van der Waals surface area contributed by atoms with Gasteiger partial charge in [0, 0.05) is 12.5 Å². The van der Waals surface area contributed by atoms with Crippen molar-refractivity contribution in [3.63, 3.8) is 0 Å². The average molecular weight is 436 g/mol. The molecule has 0 bridgehead atoms. The van der Waals surface area contributed by atoms with Gasteiger partial charge in [-0.05, 0) is 44.1 Å². The van der Waals surface area contributed by atoms with E-state index < -0.39 is 40.2 Å². The first-order valence-electron chi connectivity index (χ1n) is 9.08. The van der Waals surface area contributed by atoms with Crippen LogP contribution in [0.25, 0.3) is 0 Å². The molecule has 30 heavy (non-hydrogen) atoms. The summed E-state index contributed by atoms with van der Waals surface area (Å²) in [7, 11) is 0. The minimum atomic E-state index is -1.59. The molecule has 0 aromatic heterocycles. The van der Waals surface area contributed by atoms with Gasteiger partial charge in [0.2, 0.25) is 17.4 Å². The molecule has 1 aromatic carbocycles. The first kappa shape index (κ1) is 23.4. The number of carbonyl (C=O) groups excluding carboxylic acids is 3. The zero-order valence-electron chi connectivity index (χ0n) is 17.1. The van der Waals surface area contributed by atoms with Crippen LogP contribution in [-0.2, 0) is 30.4 Å². The summed E-state index contributed by atoms with van der Waals surface area (Å²) in [4.78, 5) is 45.6. The molecule has 1 aromatic rings. The van der Waals surface area contributed by atoms with E-state index in [1.165, 1.54) is 6.92 Å². The van der Waals surface area contributed by atoms with Crippen LogP contribution in [0.4, 0.5) is 0 Å². The SMILES string of the molecule is CC(=O)NC(C)(C)C.O=CC1=C(C(=O)O)N2C(=O)C(Oc3ccccc3)[C@@H]2[S+]([O-])C1. The van der Waals surface area contributed by atoms with E-state index in [1.54, 1.807) is 30.3 Å². The molecule has 0 spiro atoms. The Kier molecular flexibility index (Phi) is 7.27. The van der Waals surface area contributed by atoms with Crippen LogP contribution in [0.1, 0.15) is 27.7 Å². The number of nitrogens with one attached hydrogen (secondary N) is 1. The third-order valence-corrected chi connectivity index (χ3v) is 5.60. The van der Waals surface area contributed by atoms with Crippen LogP contribution < -0.4 is 10.1 Å². The quantitative estimate of drug-likeness (QED) is 0.405. The molecule has 2 amide bonds. The Balaban J connectivity index is 0.000000343. The number of carbonyl (C=O) groups is 4. The van der Waals surface area contributed by atoms with Crippen molar-refractivity contribution in [1.29, 1.82) is 0 Å². The monoisotopic (exact) mass is 436 g/mol. The van der Waals surface area contributed by atoms with Crippen LogP contribution >= 0.6 is 0 Å². The van der Waals surface area contributed by atoms with Crippen molar-refractivity contribution in [2.24, 2.45) is 0 Å². The minimum absolute atomic E-state index is 0.0255. The first-order valence-corrected chi connectivity index (χ1v) is 10.5. The van der Waals surface area contributed by atoms with Gasteiger partial charge < -0.3 is 19.7 Å². The molecule has 1 fully saturated rings. The highest BCUT2D eigenvalue weighted by Crippen LogP contribution is 2.38. The van der Waals surface area contributed by atoms with E-state index in [0.29, 0.717) is 12.0 Å². The molecule has 0 radical (unpaired) electrons. The van der Waals surface area contributed by atoms with Crippen molar-refractivity contribution >= 4 is 35.2 Å². The maximum absolute atomic E-state index is 12.2. The molecule has 2 aliphatic heterocycles. The van der Waals surface area contributed by atoms with Crippen LogP contribution in [0.15, 0.2) is 41.6 Å². The summed E-state index contributed by atoms with van der Waals surface area (Å²) >= 11 is -1.59. The second kappa shape index (κ2) is 9.31. The Labute approximate surface area is 177 Å². The summed E-state index contributed by atoms with van der Waals surface area (Å²) < 4.78 is 17.7. The van der Waals surface area contributed by atoms with E-state index in [4.69, 9.17) is 4.74 Å². The number of carboxylic acid groups (broad SMARTS) is 1. The number of aliphatic carboxylic acids is 1. The highest BCUT2D eigenvalue weighted by molar-refractivity contribution is 7.92. The van der Waals surface area contributed by atoms with Crippen LogP contribution in [-0.4, -0.2) is 61.4 Å². The zero-order chi connectivity index (χ0) is 22.6. The summed E-state index contributed by atoms with van der Waals surface area (Å²) in [6.45, 7) is 7.38. The fourth-order valence-electron chi connectivity index (χ4n) is 3.00. The molecule has 2 unspecified atom stereocenters. The molecule has 162 valence electrons. The summed E-state index contributed by atoms with van der Waals surface area (Å²) in [5.74, 6) is -1.75. The maximum Gasteiger partial charge on any atom is 0.353 e. The summed E-state index contributed by atoms with van der Waals surface area (Å²) in [5, 5.41) is 11.0. The van der Waals surface area contributed by atoms with Crippen LogP contribution in [0, 0.1) is 0 Å². The van der Waals surface area contributed by atoms with Gasteiger partial charge in [0.15, 0.2) is 6.29 Å². The molecular formula is C20H24N2O7S. The second-order valence-electron chi connectivity index (χ2n) is 7.70. The molecule has 9 nitrogen and oxygen atoms in total. The number of carboxylic acids is 1. The number of benzene rings is 1. The number of ether oxygens (including phenoxy) is 1. The van der Waals surface area contributed by atoms with E-state index in [0.717, 1.165) is 4.90 Å². The van der Waals surface area contributed by atoms with Gasteiger partial charge in [0.25, 0.3) is 5.91 Å². The summed E-state index contributed by atoms with van der Waals surface area (Å²) in [5.41, 5.74) is -0.627. The standard InChI is InChI=1S/C14H11NO6S.C6H13NO/c16-6-8-7-22(20)13-11(21-9-4-2-1-3-5-9)12(17)15(13)10(8)14(18)19;1-5(8)7-6(2,3)4/h1-6,11,13H,7H2,(H,18,19);1-4H3,(H,7,8)/t11?,13-,22?;/m0./s1. The molecule has 1 saturated heterocycles. The van der Waals surface area contributed by atoms with Crippen molar-refractivity contribution in [2.45, 2.75) is 44.7 Å². The number of rotatable bonds is 4. The largest absolute Gasteiger partial charge is 0.614 e. The zero-order valence-corrected chi connectivity index (χ0v) is 17.9. The number of nitrogens with zero attached hydrogens (tertiary/aromatic N) is 1. The van der Waals surface area contributed by atoms with Crippen molar-refractivity contribution in [1.82, 2.24) is 10.2 Å². The molecule has 0 saturated carbocycles.